The average molecular weight is 351 g/mol. The van der Waals surface area contributed by atoms with Crippen molar-refractivity contribution in [1.82, 2.24) is 19.6 Å². The van der Waals surface area contributed by atoms with Crippen molar-refractivity contribution < 1.29 is 9.18 Å². The van der Waals surface area contributed by atoms with E-state index in [1.807, 2.05) is 0 Å². The monoisotopic (exact) mass is 350 g/mol. The minimum atomic E-state index is -0.684. The second kappa shape index (κ2) is 5.93. The van der Waals surface area contributed by atoms with Crippen molar-refractivity contribution in [2.24, 2.45) is 0 Å². The summed E-state index contributed by atoms with van der Waals surface area (Å²) in [6, 6.07) is 3.05. The van der Waals surface area contributed by atoms with E-state index in [1.165, 1.54) is 12.1 Å². The fraction of sp³-hybridized carbons (Fsp3) is 0.143. The second-order valence-electron chi connectivity index (χ2n) is 5.03. The average Bonchev–Trinajstić information content (AvgIpc) is 2.88. The van der Waals surface area contributed by atoms with Crippen LogP contribution >= 0.6 is 11.6 Å². The number of H-pyrrole nitrogens is 1. The Hall–Kier alpha value is -2.94. The highest BCUT2D eigenvalue weighted by Crippen LogP contribution is 2.19. The van der Waals surface area contributed by atoms with Gasteiger partial charge in [0.25, 0.3) is 11.3 Å². The molecule has 0 unspecified atom stereocenters. The van der Waals surface area contributed by atoms with Crippen LogP contribution in [0.2, 0.25) is 5.02 Å². The molecule has 8 nitrogen and oxygen atoms in total. The number of nitrogens with one attached hydrogen (secondary N) is 3. The highest BCUT2D eigenvalue weighted by molar-refractivity contribution is 6.31. The zero-order valence-corrected chi connectivity index (χ0v) is 13.4. The Bertz CT molecular complexity index is 1010. The van der Waals surface area contributed by atoms with E-state index in [1.54, 1.807) is 13.8 Å². The van der Waals surface area contributed by atoms with Crippen LogP contribution in [0.15, 0.2) is 23.0 Å². The number of fused-ring (bicyclic) bond motifs is 1. The summed E-state index contributed by atoms with van der Waals surface area (Å²) in [6.07, 6.45) is 0. The smallest absolute Gasteiger partial charge is 0.308 e. The third-order valence-corrected chi connectivity index (χ3v) is 3.49. The maximum Gasteiger partial charge on any atom is 0.323 e. The Labute approximate surface area is 139 Å². The number of anilines is 2. The molecule has 0 radical (unpaired) electrons. The van der Waals surface area contributed by atoms with Crippen molar-refractivity contribution >= 4 is 34.8 Å². The highest BCUT2D eigenvalue weighted by atomic mass is 35.5. The van der Waals surface area contributed by atoms with Crippen LogP contribution in [0.4, 0.5) is 20.6 Å². The molecule has 2 heterocycles. The number of aromatic nitrogens is 4. The lowest BCUT2D eigenvalue weighted by Gasteiger charge is -2.09. The number of rotatable bonds is 2. The van der Waals surface area contributed by atoms with Gasteiger partial charge in [-0.2, -0.15) is 9.50 Å². The zero-order chi connectivity index (χ0) is 17.4. The lowest BCUT2D eigenvalue weighted by atomic mass is 10.3. The summed E-state index contributed by atoms with van der Waals surface area (Å²) in [6.45, 7) is 3.26. The van der Waals surface area contributed by atoms with E-state index in [0.29, 0.717) is 11.5 Å². The van der Waals surface area contributed by atoms with Gasteiger partial charge in [0.15, 0.2) is 0 Å². The Morgan fingerprint density at radius 2 is 2.04 bits per heavy atom. The third-order valence-electron chi connectivity index (χ3n) is 3.20. The normalized spacial score (nSPS) is 10.8. The van der Waals surface area contributed by atoms with Crippen LogP contribution in [0.5, 0.6) is 0 Å². The lowest BCUT2D eigenvalue weighted by Crippen LogP contribution is -2.28. The molecule has 0 bridgehead atoms. The first kappa shape index (κ1) is 15.9. The standard InChI is InChI=1S/C14H12ClFN6O2/c1-6-11(12(23)22-13(17-6)18-7(2)21-22)20-14(24)19-8-3-4-10(16)9(15)5-8/h3-5H,1-2H3,(H,17,18,21)(H2,19,20,24). The molecule has 3 aromatic rings. The number of hydrogen-bond donors (Lipinski definition) is 3. The van der Waals surface area contributed by atoms with Crippen LogP contribution in [0.25, 0.3) is 5.78 Å². The molecule has 3 N–H and O–H groups in total. The van der Waals surface area contributed by atoms with Crippen LogP contribution in [0.3, 0.4) is 0 Å². The van der Waals surface area contributed by atoms with Gasteiger partial charge in [-0.25, -0.2) is 14.2 Å². The van der Waals surface area contributed by atoms with Crippen LogP contribution in [0.1, 0.15) is 11.5 Å². The Balaban J connectivity index is 1.87. The van der Waals surface area contributed by atoms with Gasteiger partial charge in [-0.1, -0.05) is 11.6 Å². The van der Waals surface area contributed by atoms with E-state index < -0.39 is 17.4 Å². The quantitative estimate of drug-likeness (QED) is 0.660. The van der Waals surface area contributed by atoms with E-state index in [9.17, 15) is 14.0 Å². The zero-order valence-electron chi connectivity index (χ0n) is 12.6. The first-order chi connectivity index (χ1) is 11.3. The van der Waals surface area contributed by atoms with Crippen molar-refractivity contribution in [1.29, 1.82) is 0 Å². The van der Waals surface area contributed by atoms with Crippen molar-refractivity contribution in [3.63, 3.8) is 0 Å². The number of carbonyl (C=O) groups is 1. The van der Waals surface area contributed by atoms with E-state index in [-0.39, 0.29) is 22.2 Å². The van der Waals surface area contributed by atoms with E-state index >= 15 is 0 Å². The van der Waals surface area contributed by atoms with Gasteiger partial charge >= 0.3 is 6.03 Å². The molecule has 0 atom stereocenters. The molecule has 0 aliphatic heterocycles. The van der Waals surface area contributed by atoms with Gasteiger partial charge in [-0.15, -0.1) is 0 Å². The van der Waals surface area contributed by atoms with Crippen LogP contribution < -0.4 is 16.2 Å². The Kier molecular flexibility index (Phi) is 3.94. The van der Waals surface area contributed by atoms with Gasteiger partial charge in [0, 0.05) is 5.69 Å². The second-order valence-corrected chi connectivity index (χ2v) is 5.44. The van der Waals surface area contributed by atoms with Gasteiger partial charge in [0.2, 0.25) is 0 Å². The van der Waals surface area contributed by atoms with E-state index in [0.717, 1.165) is 10.6 Å². The number of benzene rings is 1. The predicted octanol–water partition coefficient (Wildman–Crippen LogP) is 2.47. The summed E-state index contributed by atoms with van der Waals surface area (Å²) in [5, 5.41) is 7.50. The van der Waals surface area contributed by atoms with E-state index in [2.05, 4.69) is 25.7 Å². The molecule has 0 aliphatic carbocycles. The summed E-state index contributed by atoms with van der Waals surface area (Å²) in [4.78, 5) is 32.7. The third kappa shape index (κ3) is 2.93. The van der Waals surface area contributed by atoms with Crippen molar-refractivity contribution in [2.75, 3.05) is 10.6 Å². The summed E-state index contributed by atoms with van der Waals surface area (Å²) in [5.74, 6) is 0.133. The first-order valence-corrected chi connectivity index (χ1v) is 7.22. The summed E-state index contributed by atoms with van der Waals surface area (Å²) in [7, 11) is 0. The number of aryl methyl sites for hydroxylation is 2. The van der Waals surface area contributed by atoms with Gasteiger partial charge in [0.1, 0.15) is 17.3 Å². The molecule has 0 aliphatic rings. The maximum absolute atomic E-state index is 13.1. The molecule has 0 saturated carbocycles. The molecule has 0 spiro atoms. The van der Waals surface area contributed by atoms with Crippen LogP contribution in [-0.4, -0.2) is 25.6 Å². The fourth-order valence-corrected chi connectivity index (χ4v) is 2.30. The van der Waals surface area contributed by atoms with E-state index in [4.69, 9.17) is 11.6 Å². The number of carbonyl (C=O) groups excluding carboxylic acids is 1. The van der Waals surface area contributed by atoms with Crippen LogP contribution in [0, 0.1) is 19.7 Å². The largest absolute Gasteiger partial charge is 0.323 e. The summed E-state index contributed by atoms with van der Waals surface area (Å²) < 4.78 is 14.2. The lowest BCUT2D eigenvalue weighted by molar-refractivity contribution is 0.262. The minimum Gasteiger partial charge on any atom is -0.308 e. The van der Waals surface area contributed by atoms with Gasteiger partial charge in [-0.05, 0) is 32.0 Å². The molecule has 10 heteroatoms. The van der Waals surface area contributed by atoms with Gasteiger partial charge in [0.05, 0.1) is 10.7 Å². The number of aromatic amines is 1. The molecule has 124 valence electrons. The molecular weight excluding hydrogens is 339 g/mol. The topological polar surface area (TPSA) is 104 Å². The molecule has 24 heavy (non-hydrogen) atoms. The van der Waals surface area contributed by atoms with Crippen LogP contribution in [-0.2, 0) is 0 Å². The van der Waals surface area contributed by atoms with Gasteiger partial charge < -0.3 is 10.6 Å². The molecule has 2 amide bonds. The maximum atomic E-state index is 13.1. The van der Waals surface area contributed by atoms with Crippen molar-refractivity contribution in [2.45, 2.75) is 13.8 Å². The highest BCUT2D eigenvalue weighted by Gasteiger charge is 2.15. The number of amides is 2. The van der Waals surface area contributed by atoms with Crippen molar-refractivity contribution in [3.8, 4) is 0 Å². The minimum absolute atomic E-state index is 0.00172. The van der Waals surface area contributed by atoms with Gasteiger partial charge in [-0.3, -0.25) is 9.89 Å². The van der Waals surface area contributed by atoms with Crippen molar-refractivity contribution in [3.05, 3.63) is 50.9 Å². The Morgan fingerprint density at radius 3 is 2.75 bits per heavy atom. The summed E-state index contributed by atoms with van der Waals surface area (Å²) in [5.41, 5.74) is 0.106. The summed E-state index contributed by atoms with van der Waals surface area (Å²) >= 11 is 5.65. The molecule has 0 fully saturated rings. The molecule has 1 aromatic carbocycles. The number of hydrogen-bond acceptors (Lipinski definition) is 4. The predicted molar refractivity (Wildman–Crippen MR) is 87.1 cm³/mol. The Morgan fingerprint density at radius 1 is 1.29 bits per heavy atom. The SMILES string of the molecule is Cc1nc2nc(C)c(NC(=O)Nc3ccc(F)c(Cl)c3)c(=O)n2[nH]1. The molecule has 0 saturated heterocycles. The number of nitrogens with zero attached hydrogens (tertiary/aromatic N) is 3. The number of urea groups is 1. The molecule has 2 aromatic heterocycles. The molecule has 3 rings (SSSR count). The molecular formula is C14H12ClFN6O2. The first-order valence-electron chi connectivity index (χ1n) is 6.84. The number of halogens is 2. The fourth-order valence-electron chi connectivity index (χ4n) is 2.12.